The van der Waals surface area contributed by atoms with Gasteiger partial charge in [0.25, 0.3) is 0 Å². The number of hydrogen-bond acceptors (Lipinski definition) is 4. The van der Waals surface area contributed by atoms with Gasteiger partial charge in [0.1, 0.15) is 0 Å². The molecule has 5 nitrogen and oxygen atoms in total. The monoisotopic (exact) mass is 438 g/mol. The number of carbonyl (C=O) groups is 1. The number of carbonyl (C=O) groups excluding carboxylic acids is 1. The van der Waals surface area contributed by atoms with E-state index in [2.05, 4.69) is 33.3 Å². The Morgan fingerprint density at radius 3 is 2.77 bits per heavy atom. The molecule has 0 bridgehead atoms. The minimum absolute atomic E-state index is 0.130. The summed E-state index contributed by atoms with van der Waals surface area (Å²) in [4.78, 5) is 22.3. The number of pyridine rings is 1. The Bertz CT molecular complexity index is 935. The molecule has 2 aromatic rings. The Morgan fingerprint density at radius 2 is 1.97 bits per heavy atom. The van der Waals surface area contributed by atoms with Crippen LogP contribution in [0.3, 0.4) is 0 Å². The topological polar surface area (TPSA) is 48.5 Å². The van der Waals surface area contributed by atoms with E-state index in [1.807, 2.05) is 18.3 Å². The normalized spacial score (nSPS) is 24.2. The first-order chi connectivity index (χ1) is 15.2. The Balaban J connectivity index is 1.33. The molecule has 6 heteroatoms. The third-order valence-electron chi connectivity index (χ3n) is 7.14. The number of aromatic nitrogens is 1. The first kappa shape index (κ1) is 20.9. The van der Waals surface area contributed by atoms with Gasteiger partial charge < -0.3 is 10.2 Å². The lowest BCUT2D eigenvalue weighted by Crippen LogP contribution is -2.50. The summed E-state index contributed by atoms with van der Waals surface area (Å²) < 4.78 is 0. The molecule has 0 spiro atoms. The summed E-state index contributed by atoms with van der Waals surface area (Å²) in [5.41, 5.74) is 5.12. The number of rotatable bonds is 3. The predicted molar refractivity (Wildman–Crippen MR) is 123 cm³/mol. The van der Waals surface area contributed by atoms with Gasteiger partial charge in [-0.05, 0) is 79.6 Å². The van der Waals surface area contributed by atoms with Gasteiger partial charge in [-0.2, -0.15) is 0 Å². The molecule has 0 saturated carbocycles. The second kappa shape index (κ2) is 9.27. The fraction of sp³-hybridized carbons (Fsp3) is 0.520. The summed E-state index contributed by atoms with van der Waals surface area (Å²) in [5.74, 6) is 0.814. The maximum absolute atomic E-state index is 12.9. The number of piperazine rings is 1. The number of aryl methyl sites for hydroxylation is 2. The third kappa shape index (κ3) is 4.50. The van der Waals surface area contributed by atoms with Gasteiger partial charge in [-0.15, -0.1) is 0 Å². The molecule has 2 unspecified atom stereocenters. The van der Waals surface area contributed by atoms with Gasteiger partial charge in [0.15, 0.2) is 0 Å². The van der Waals surface area contributed by atoms with Crippen molar-refractivity contribution in [1.29, 1.82) is 0 Å². The van der Waals surface area contributed by atoms with Crippen molar-refractivity contribution in [3.05, 3.63) is 63.9 Å². The van der Waals surface area contributed by atoms with E-state index in [1.54, 1.807) is 0 Å². The van der Waals surface area contributed by atoms with Gasteiger partial charge >= 0.3 is 0 Å². The first-order valence-corrected chi connectivity index (χ1v) is 12.0. The predicted octanol–water partition coefficient (Wildman–Crippen LogP) is 3.46. The molecule has 1 aromatic heterocycles. The second-order valence-corrected chi connectivity index (χ2v) is 9.56. The number of fused-ring (bicyclic) bond motifs is 2. The van der Waals surface area contributed by atoms with Gasteiger partial charge in [-0.1, -0.05) is 23.7 Å². The Hall–Kier alpha value is -1.95. The molecular weight excluding hydrogens is 408 g/mol. The number of halogens is 1. The lowest BCUT2D eigenvalue weighted by molar-refractivity contribution is -0.134. The molecule has 2 fully saturated rings. The average molecular weight is 439 g/mol. The zero-order valence-electron chi connectivity index (χ0n) is 18.0. The van der Waals surface area contributed by atoms with Crippen molar-refractivity contribution in [2.24, 2.45) is 5.92 Å². The minimum atomic E-state index is 0.130. The number of piperidine rings is 1. The molecule has 31 heavy (non-hydrogen) atoms. The molecule has 1 N–H and O–H groups in total. The third-order valence-corrected chi connectivity index (χ3v) is 7.38. The number of nitrogens with one attached hydrogen (secondary N) is 1. The minimum Gasteiger partial charge on any atom is -0.340 e. The molecule has 1 aromatic carbocycles. The summed E-state index contributed by atoms with van der Waals surface area (Å²) >= 11 is 6.33. The zero-order valence-corrected chi connectivity index (χ0v) is 18.8. The quantitative estimate of drug-likeness (QED) is 0.797. The van der Waals surface area contributed by atoms with E-state index in [0.717, 1.165) is 62.8 Å². The Morgan fingerprint density at radius 1 is 1.13 bits per heavy atom. The molecule has 1 aliphatic carbocycles. The van der Waals surface area contributed by atoms with Gasteiger partial charge in [0.05, 0.1) is 11.7 Å². The van der Waals surface area contributed by atoms with Gasteiger partial charge in [-0.3, -0.25) is 14.7 Å². The summed E-state index contributed by atoms with van der Waals surface area (Å²) in [6.07, 6.45) is 6.92. The standard InChI is InChI=1S/C25H31ClN4O/c26-21-7-8-22-20(16-21)6-5-19-4-2-10-28-24(19)25(22)30-13-11-29(12-14-30)23(31)15-18-3-1-9-27-17-18/h2,4,7-8,10,16,18,25,27H,1,3,5-6,9,11-15,17H2. The zero-order chi connectivity index (χ0) is 21.2. The lowest BCUT2D eigenvalue weighted by atomic mass is 9.95. The SMILES string of the molecule is O=C(CC1CCCNC1)N1CCN(C2c3ccc(Cl)cc3CCc3cccnc32)CC1. The van der Waals surface area contributed by atoms with Crippen LogP contribution >= 0.6 is 11.6 Å². The molecule has 2 aliphatic heterocycles. The van der Waals surface area contributed by atoms with Crippen molar-refractivity contribution in [1.82, 2.24) is 20.1 Å². The van der Waals surface area contributed by atoms with Crippen molar-refractivity contribution in [2.45, 2.75) is 38.1 Å². The maximum atomic E-state index is 12.9. The van der Waals surface area contributed by atoms with Gasteiger partial charge in [-0.25, -0.2) is 0 Å². The van der Waals surface area contributed by atoms with E-state index in [4.69, 9.17) is 16.6 Å². The van der Waals surface area contributed by atoms with Crippen LogP contribution in [-0.4, -0.2) is 60.0 Å². The smallest absolute Gasteiger partial charge is 0.222 e. The van der Waals surface area contributed by atoms with E-state index in [1.165, 1.54) is 29.5 Å². The van der Waals surface area contributed by atoms with Crippen LogP contribution in [0.15, 0.2) is 36.5 Å². The van der Waals surface area contributed by atoms with E-state index in [-0.39, 0.29) is 6.04 Å². The number of benzene rings is 1. The highest BCUT2D eigenvalue weighted by Gasteiger charge is 2.33. The summed E-state index contributed by atoms with van der Waals surface area (Å²) in [7, 11) is 0. The Labute approximate surface area is 189 Å². The molecule has 2 atom stereocenters. The van der Waals surface area contributed by atoms with Crippen molar-refractivity contribution in [3.63, 3.8) is 0 Å². The van der Waals surface area contributed by atoms with Gasteiger partial charge in [0, 0.05) is 43.8 Å². The summed E-state index contributed by atoms with van der Waals surface area (Å²) in [5, 5.41) is 4.22. The summed E-state index contributed by atoms with van der Waals surface area (Å²) in [6, 6.07) is 10.7. The Kier molecular flexibility index (Phi) is 6.26. The average Bonchev–Trinajstić information content (AvgIpc) is 2.96. The van der Waals surface area contributed by atoms with Crippen LogP contribution in [0.1, 0.15) is 47.7 Å². The number of hydrogen-bond donors (Lipinski definition) is 1. The highest BCUT2D eigenvalue weighted by atomic mass is 35.5. The van der Waals surface area contributed by atoms with Crippen LogP contribution in [0.4, 0.5) is 0 Å². The van der Waals surface area contributed by atoms with Crippen LogP contribution in [0.25, 0.3) is 0 Å². The number of nitrogens with zero attached hydrogens (tertiary/aromatic N) is 3. The molecule has 2 saturated heterocycles. The molecule has 1 amide bonds. The first-order valence-electron chi connectivity index (χ1n) is 11.6. The second-order valence-electron chi connectivity index (χ2n) is 9.13. The maximum Gasteiger partial charge on any atom is 0.222 e. The van der Waals surface area contributed by atoms with Crippen LogP contribution in [0.2, 0.25) is 5.02 Å². The van der Waals surface area contributed by atoms with E-state index >= 15 is 0 Å². The van der Waals surface area contributed by atoms with Crippen molar-refractivity contribution in [2.75, 3.05) is 39.3 Å². The van der Waals surface area contributed by atoms with Crippen LogP contribution < -0.4 is 5.32 Å². The van der Waals surface area contributed by atoms with Crippen molar-refractivity contribution < 1.29 is 4.79 Å². The van der Waals surface area contributed by atoms with Crippen LogP contribution in [-0.2, 0) is 17.6 Å². The molecule has 5 rings (SSSR count). The number of amides is 1. The fourth-order valence-electron chi connectivity index (χ4n) is 5.46. The van der Waals surface area contributed by atoms with E-state index in [0.29, 0.717) is 18.2 Å². The van der Waals surface area contributed by atoms with E-state index in [9.17, 15) is 4.79 Å². The largest absolute Gasteiger partial charge is 0.340 e. The molecule has 0 radical (unpaired) electrons. The van der Waals surface area contributed by atoms with E-state index < -0.39 is 0 Å². The highest BCUT2D eigenvalue weighted by Crippen LogP contribution is 2.37. The summed E-state index contributed by atoms with van der Waals surface area (Å²) in [6.45, 7) is 5.40. The fourth-order valence-corrected chi connectivity index (χ4v) is 5.65. The van der Waals surface area contributed by atoms with Gasteiger partial charge in [0.2, 0.25) is 5.91 Å². The molecule has 3 heterocycles. The molecule has 3 aliphatic rings. The molecule has 164 valence electrons. The van der Waals surface area contributed by atoms with Crippen molar-refractivity contribution >= 4 is 17.5 Å². The van der Waals surface area contributed by atoms with Crippen LogP contribution in [0, 0.1) is 5.92 Å². The molecular formula is C25H31ClN4O. The highest BCUT2D eigenvalue weighted by molar-refractivity contribution is 6.30. The van der Waals surface area contributed by atoms with Crippen molar-refractivity contribution in [3.8, 4) is 0 Å². The van der Waals surface area contributed by atoms with Crippen LogP contribution in [0.5, 0.6) is 0 Å². The lowest BCUT2D eigenvalue weighted by Gasteiger charge is -2.40.